The molecule has 4 nitrogen and oxygen atoms in total. The van der Waals surface area contributed by atoms with Crippen molar-refractivity contribution in [3.63, 3.8) is 0 Å². The molecule has 192 valence electrons. The lowest BCUT2D eigenvalue weighted by Crippen LogP contribution is -2.49. The molecule has 3 unspecified atom stereocenters. The number of benzene rings is 3. The van der Waals surface area contributed by atoms with Crippen LogP contribution in [0.25, 0.3) is 6.08 Å². The summed E-state index contributed by atoms with van der Waals surface area (Å²) in [6, 6.07) is 16.3. The highest BCUT2D eigenvalue weighted by Gasteiger charge is 2.72. The molecule has 3 aromatic rings. The number of carbonyl (C=O) groups is 3. The van der Waals surface area contributed by atoms with Crippen molar-refractivity contribution in [2.24, 2.45) is 10.8 Å². The van der Waals surface area contributed by atoms with Crippen molar-refractivity contribution in [3.8, 4) is 0 Å². The molecule has 6 rings (SSSR count). The second-order valence-electron chi connectivity index (χ2n) is 11.2. The summed E-state index contributed by atoms with van der Waals surface area (Å²) in [5, 5.41) is 0.759. The predicted molar refractivity (Wildman–Crippen MR) is 154 cm³/mol. The van der Waals surface area contributed by atoms with E-state index in [-0.39, 0.29) is 17.3 Å². The van der Waals surface area contributed by atoms with Crippen LogP contribution in [-0.2, 0) is 4.79 Å². The van der Waals surface area contributed by atoms with Gasteiger partial charge in [-0.1, -0.05) is 102 Å². The number of rotatable bonds is 2. The van der Waals surface area contributed by atoms with Crippen LogP contribution >= 0.6 is 39.1 Å². The van der Waals surface area contributed by atoms with E-state index in [1.54, 1.807) is 42.5 Å². The summed E-state index contributed by atoms with van der Waals surface area (Å²) < 4.78 is 0.893. The van der Waals surface area contributed by atoms with Crippen LogP contribution < -0.4 is 4.90 Å². The molecular weight excluding hydrogens is 585 g/mol. The summed E-state index contributed by atoms with van der Waals surface area (Å²) in [5.41, 5.74) is 0.690. The molecule has 0 aromatic heterocycles. The quantitative estimate of drug-likeness (QED) is 0.279. The van der Waals surface area contributed by atoms with Gasteiger partial charge in [0.05, 0.1) is 12.1 Å². The van der Waals surface area contributed by atoms with Crippen molar-refractivity contribution in [1.29, 1.82) is 0 Å². The summed E-state index contributed by atoms with van der Waals surface area (Å²) >= 11 is 16.6. The maximum Gasteiger partial charge on any atom is 0.180 e. The Bertz CT molecular complexity index is 1550. The Morgan fingerprint density at radius 3 is 2.21 bits per heavy atom. The van der Waals surface area contributed by atoms with Gasteiger partial charge >= 0.3 is 0 Å². The Balaban J connectivity index is 1.72. The largest absolute Gasteiger partial charge is 0.352 e. The minimum atomic E-state index is -1.58. The molecule has 0 saturated carbocycles. The molecule has 2 aliphatic heterocycles. The molecule has 38 heavy (non-hydrogen) atoms. The lowest BCUT2D eigenvalue weighted by Gasteiger charge is -2.38. The van der Waals surface area contributed by atoms with E-state index in [4.69, 9.17) is 23.2 Å². The summed E-state index contributed by atoms with van der Waals surface area (Å²) in [7, 11) is 0. The predicted octanol–water partition coefficient (Wildman–Crippen LogP) is 7.80. The van der Waals surface area contributed by atoms with Crippen LogP contribution in [0.2, 0.25) is 10.0 Å². The highest BCUT2D eigenvalue weighted by Crippen LogP contribution is 2.62. The van der Waals surface area contributed by atoms with Gasteiger partial charge in [-0.2, -0.15) is 0 Å². The van der Waals surface area contributed by atoms with Gasteiger partial charge in [-0.05, 0) is 41.5 Å². The first-order valence-corrected chi connectivity index (χ1v) is 14.0. The molecule has 0 N–H and O–H groups in total. The van der Waals surface area contributed by atoms with Crippen LogP contribution in [-0.4, -0.2) is 29.4 Å². The molecule has 3 atom stereocenters. The lowest BCUT2D eigenvalue weighted by atomic mass is 9.63. The van der Waals surface area contributed by atoms with Crippen LogP contribution in [0.15, 0.2) is 71.2 Å². The lowest BCUT2D eigenvalue weighted by molar-refractivity contribution is -0.127. The minimum Gasteiger partial charge on any atom is -0.352 e. The number of halogens is 3. The highest BCUT2D eigenvalue weighted by molar-refractivity contribution is 9.10. The van der Waals surface area contributed by atoms with Gasteiger partial charge in [0, 0.05) is 42.7 Å². The molecule has 3 aromatic carbocycles. The van der Waals surface area contributed by atoms with Gasteiger partial charge in [-0.15, -0.1) is 0 Å². The zero-order valence-corrected chi connectivity index (χ0v) is 24.1. The number of nitrogens with zero attached hydrogens (tertiary/aromatic N) is 1. The van der Waals surface area contributed by atoms with E-state index in [2.05, 4.69) is 15.9 Å². The van der Waals surface area contributed by atoms with Gasteiger partial charge < -0.3 is 4.90 Å². The SMILES string of the molecule is CC(C)(C)C(=O)C1C(c2ccc(Cl)cc2Cl)C2(C(=O)c3ccccc3C2=O)C2C=Cc3cc(Br)ccc3N12. The average Bonchev–Trinajstić information content (AvgIpc) is 3.29. The number of anilines is 1. The van der Waals surface area contributed by atoms with Gasteiger partial charge in [-0.25, -0.2) is 0 Å². The molecule has 2 heterocycles. The first-order valence-electron chi connectivity index (χ1n) is 12.4. The highest BCUT2D eigenvalue weighted by atomic mass is 79.9. The third-order valence-corrected chi connectivity index (χ3v) is 9.13. The molecule has 1 aliphatic carbocycles. The second-order valence-corrected chi connectivity index (χ2v) is 12.9. The Morgan fingerprint density at radius 1 is 0.947 bits per heavy atom. The van der Waals surface area contributed by atoms with Crippen LogP contribution in [0.3, 0.4) is 0 Å². The minimum absolute atomic E-state index is 0.0730. The Morgan fingerprint density at radius 2 is 1.61 bits per heavy atom. The van der Waals surface area contributed by atoms with Crippen molar-refractivity contribution in [2.45, 2.75) is 38.8 Å². The molecule has 1 spiro atoms. The van der Waals surface area contributed by atoms with E-state index < -0.39 is 28.8 Å². The Kier molecular flexibility index (Phi) is 5.81. The van der Waals surface area contributed by atoms with Crippen LogP contribution in [0.1, 0.15) is 58.5 Å². The molecule has 0 amide bonds. The second kappa shape index (κ2) is 8.64. The van der Waals surface area contributed by atoms with E-state index in [0.717, 1.165) is 15.7 Å². The molecular formula is C31H24BrCl2NO3. The van der Waals surface area contributed by atoms with Gasteiger partial charge in [0.25, 0.3) is 0 Å². The smallest absolute Gasteiger partial charge is 0.180 e. The number of fused-ring (bicyclic) bond motifs is 5. The molecule has 1 saturated heterocycles. The van der Waals surface area contributed by atoms with Crippen molar-refractivity contribution in [3.05, 3.63) is 104 Å². The fourth-order valence-electron chi connectivity index (χ4n) is 6.49. The Hall–Kier alpha value is -2.73. The number of hydrogen-bond acceptors (Lipinski definition) is 4. The van der Waals surface area contributed by atoms with E-state index in [1.165, 1.54) is 0 Å². The van der Waals surface area contributed by atoms with Gasteiger partial charge in [0.15, 0.2) is 17.3 Å². The van der Waals surface area contributed by atoms with E-state index in [1.807, 2.05) is 56.0 Å². The maximum absolute atomic E-state index is 14.6. The topological polar surface area (TPSA) is 54.5 Å². The monoisotopic (exact) mass is 607 g/mol. The first-order chi connectivity index (χ1) is 18.0. The zero-order valence-electron chi connectivity index (χ0n) is 21.0. The number of carbonyl (C=O) groups excluding carboxylic acids is 3. The maximum atomic E-state index is 14.6. The van der Waals surface area contributed by atoms with Crippen molar-refractivity contribution >= 4 is 68.2 Å². The molecule has 1 fully saturated rings. The number of ketones is 3. The van der Waals surface area contributed by atoms with Crippen molar-refractivity contribution < 1.29 is 14.4 Å². The third-order valence-electron chi connectivity index (χ3n) is 8.07. The fourth-order valence-corrected chi connectivity index (χ4v) is 7.39. The van der Waals surface area contributed by atoms with Gasteiger partial charge in [0.1, 0.15) is 5.41 Å². The molecule has 0 bridgehead atoms. The third kappa shape index (κ3) is 3.38. The summed E-state index contributed by atoms with van der Waals surface area (Å²) in [4.78, 5) is 45.5. The van der Waals surface area contributed by atoms with E-state index >= 15 is 0 Å². The van der Waals surface area contributed by atoms with Crippen molar-refractivity contribution in [1.82, 2.24) is 0 Å². The van der Waals surface area contributed by atoms with Gasteiger partial charge in [0.2, 0.25) is 0 Å². The standard InChI is InChI=1S/C31H24BrCl2NO3/c1-30(2,3)29(38)26-25(21-11-10-18(33)15-22(21)34)31(27(36)19-6-4-5-7-20(19)28(31)37)24-13-8-16-14-17(32)9-12-23(16)35(24)26/h4-15,24-26H,1-3H3. The fraction of sp³-hybridized carbons (Fsp3) is 0.258. The molecule has 3 aliphatic rings. The van der Waals surface area contributed by atoms with Crippen LogP contribution in [0, 0.1) is 10.8 Å². The van der Waals surface area contributed by atoms with E-state index in [9.17, 15) is 14.4 Å². The summed E-state index contributed by atoms with van der Waals surface area (Å²) in [6.07, 6.45) is 3.85. The number of Topliss-reactive ketones (excluding diaryl/α,β-unsaturated/α-hetero) is 3. The average molecular weight is 609 g/mol. The normalized spacial score (nSPS) is 23.0. The zero-order chi connectivity index (χ0) is 27.1. The molecule has 7 heteroatoms. The summed E-state index contributed by atoms with van der Waals surface area (Å²) in [6.45, 7) is 5.60. The Labute approximate surface area is 239 Å². The van der Waals surface area contributed by atoms with Crippen LogP contribution in [0.4, 0.5) is 5.69 Å². The van der Waals surface area contributed by atoms with Crippen molar-refractivity contribution in [2.75, 3.05) is 4.90 Å². The number of hydrogen-bond donors (Lipinski definition) is 0. The van der Waals surface area contributed by atoms with E-state index in [0.29, 0.717) is 26.7 Å². The molecule has 0 radical (unpaired) electrons. The summed E-state index contributed by atoms with van der Waals surface area (Å²) in [5.74, 6) is -1.47. The van der Waals surface area contributed by atoms with Crippen LogP contribution in [0.5, 0.6) is 0 Å². The first kappa shape index (κ1) is 25.5. The van der Waals surface area contributed by atoms with Gasteiger partial charge in [-0.3, -0.25) is 14.4 Å².